The lowest BCUT2D eigenvalue weighted by molar-refractivity contribution is -0.136. The molecule has 2 aromatic carbocycles. The molecule has 12 heteroatoms. The first-order valence-electron chi connectivity index (χ1n) is 12.9. The van der Waals surface area contributed by atoms with Gasteiger partial charge in [-0.25, -0.2) is 17.8 Å². The molecule has 204 valence electrons. The fourth-order valence-corrected chi connectivity index (χ4v) is 7.63. The van der Waals surface area contributed by atoms with Gasteiger partial charge in [-0.05, 0) is 67.6 Å². The molecule has 3 aliphatic rings. The van der Waals surface area contributed by atoms with Gasteiger partial charge in [-0.15, -0.1) is 0 Å². The van der Waals surface area contributed by atoms with E-state index in [1.165, 1.54) is 12.1 Å². The average Bonchev–Trinajstić information content (AvgIpc) is 3.14. The maximum atomic E-state index is 15.0. The summed E-state index contributed by atoms with van der Waals surface area (Å²) < 4.78 is 41.1. The minimum absolute atomic E-state index is 0.0126. The summed E-state index contributed by atoms with van der Waals surface area (Å²) in [5.41, 5.74) is 1.86. The van der Waals surface area contributed by atoms with E-state index in [1.807, 2.05) is 24.3 Å². The zero-order valence-electron chi connectivity index (χ0n) is 21.0. The number of carbonyl (C=O) groups is 1. The highest BCUT2D eigenvalue weighted by molar-refractivity contribution is 7.91. The number of nitrogens with zero attached hydrogens (tertiary/aromatic N) is 4. The van der Waals surface area contributed by atoms with Crippen LogP contribution in [-0.4, -0.2) is 60.4 Å². The smallest absolute Gasteiger partial charge is 0.307 e. The number of benzene rings is 2. The number of carboxylic acids is 1. The van der Waals surface area contributed by atoms with Crippen molar-refractivity contribution in [2.75, 3.05) is 34.0 Å². The topological polar surface area (TPSA) is 116 Å². The summed E-state index contributed by atoms with van der Waals surface area (Å²) in [5, 5.41) is 12.6. The molecule has 0 saturated carbocycles. The number of carboxylic acid groups (broad SMARTS) is 1. The number of hydrogen-bond donors (Lipinski definition) is 2. The predicted molar refractivity (Wildman–Crippen MR) is 146 cm³/mol. The molecule has 0 radical (unpaired) electrons. The maximum Gasteiger partial charge on any atom is 0.307 e. The molecule has 3 aliphatic heterocycles. The standard InChI is InChI=1S/C27H27ClFN5O4S/c28-17-4-6-18(7-5-17)33-14-19-8-9-20(15-33)34(19)27-31-23-2-1-11-39(37,38)25(23)26(32-27)30-22-10-3-16(12-21(22)29)13-24(35)36/h3-7,10,12,19-20H,1-2,8-9,11,13-15H2,(H,35,36)(H,30,31,32). The van der Waals surface area contributed by atoms with Gasteiger partial charge in [-0.1, -0.05) is 17.7 Å². The average molecular weight is 572 g/mol. The summed E-state index contributed by atoms with van der Waals surface area (Å²) in [6.45, 7) is 1.53. The normalized spacial score (nSPS) is 21.5. The van der Waals surface area contributed by atoms with Crippen molar-refractivity contribution in [3.05, 3.63) is 64.6 Å². The Bertz CT molecular complexity index is 1540. The van der Waals surface area contributed by atoms with Crippen molar-refractivity contribution in [1.29, 1.82) is 0 Å². The van der Waals surface area contributed by atoms with Crippen LogP contribution in [0.25, 0.3) is 0 Å². The SMILES string of the molecule is O=C(O)Cc1ccc(Nc2nc(N3C4CCC3CN(c3ccc(Cl)cc3)C4)nc3c2S(=O)(=O)CCC3)c(F)c1. The summed E-state index contributed by atoms with van der Waals surface area (Å²) in [6.07, 6.45) is 2.54. The number of aliphatic carboxylic acids is 1. The van der Waals surface area contributed by atoms with Gasteiger partial charge in [-0.3, -0.25) is 4.79 Å². The van der Waals surface area contributed by atoms with Crippen molar-refractivity contribution >= 4 is 50.5 Å². The Kier molecular flexibility index (Phi) is 6.58. The van der Waals surface area contributed by atoms with E-state index in [0.717, 1.165) is 37.7 Å². The highest BCUT2D eigenvalue weighted by Crippen LogP contribution is 2.39. The van der Waals surface area contributed by atoms with Gasteiger partial charge in [0.2, 0.25) is 5.95 Å². The van der Waals surface area contributed by atoms with Gasteiger partial charge >= 0.3 is 5.97 Å². The first-order chi connectivity index (χ1) is 18.7. The fraction of sp³-hybridized carbons (Fsp3) is 0.370. The van der Waals surface area contributed by atoms with E-state index < -0.39 is 21.6 Å². The Morgan fingerprint density at radius 2 is 1.82 bits per heavy atom. The third kappa shape index (κ3) is 5.00. The van der Waals surface area contributed by atoms with E-state index in [4.69, 9.17) is 26.7 Å². The van der Waals surface area contributed by atoms with Crippen LogP contribution in [0.2, 0.25) is 5.02 Å². The quantitative estimate of drug-likeness (QED) is 0.448. The Labute approximate surface area is 230 Å². The number of halogens is 2. The minimum atomic E-state index is -3.66. The molecular formula is C27H27ClFN5O4S. The molecule has 4 heterocycles. The second-order valence-electron chi connectivity index (χ2n) is 10.3. The van der Waals surface area contributed by atoms with Crippen LogP contribution < -0.4 is 15.1 Å². The van der Waals surface area contributed by atoms with Crippen molar-refractivity contribution < 1.29 is 22.7 Å². The Morgan fingerprint density at radius 3 is 2.49 bits per heavy atom. The summed E-state index contributed by atoms with van der Waals surface area (Å²) >= 11 is 6.07. The second-order valence-corrected chi connectivity index (χ2v) is 12.7. The lowest BCUT2D eigenvalue weighted by Gasteiger charge is -2.42. The van der Waals surface area contributed by atoms with Gasteiger partial charge in [0.1, 0.15) is 10.7 Å². The molecule has 9 nitrogen and oxygen atoms in total. The molecule has 2 bridgehead atoms. The Balaban J connectivity index is 1.35. The van der Waals surface area contributed by atoms with Gasteiger partial charge in [0.25, 0.3) is 0 Å². The van der Waals surface area contributed by atoms with E-state index >= 15 is 0 Å². The highest BCUT2D eigenvalue weighted by atomic mass is 35.5. The lowest BCUT2D eigenvalue weighted by atomic mass is 10.1. The first-order valence-corrected chi connectivity index (χ1v) is 14.9. The summed E-state index contributed by atoms with van der Waals surface area (Å²) in [6, 6.07) is 12.1. The number of piperazine rings is 1. The Morgan fingerprint density at radius 1 is 1.10 bits per heavy atom. The van der Waals surface area contributed by atoms with Crippen molar-refractivity contribution in [3.63, 3.8) is 0 Å². The Hall–Kier alpha value is -3.44. The molecule has 2 N–H and O–H groups in total. The summed E-state index contributed by atoms with van der Waals surface area (Å²) in [4.78, 5) is 25.0. The molecule has 0 aliphatic carbocycles. The zero-order valence-corrected chi connectivity index (χ0v) is 22.6. The van der Waals surface area contributed by atoms with Gasteiger partial charge in [0, 0.05) is 35.9 Å². The largest absolute Gasteiger partial charge is 0.481 e. The van der Waals surface area contributed by atoms with Crippen molar-refractivity contribution in [2.24, 2.45) is 0 Å². The van der Waals surface area contributed by atoms with Gasteiger partial charge in [0.15, 0.2) is 15.7 Å². The van der Waals surface area contributed by atoms with Gasteiger partial charge in [-0.2, -0.15) is 4.98 Å². The van der Waals surface area contributed by atoms with Gasteiger partial charge in [0.05, 0.1) is 23.6 Å². The number of sulfone groups is 1. The molecule has 6 rings (SSSR count). The monoisotopic (exact) mass is 571 g/mol. The van der Waals surface area contributed by atoms with Gasteiger partial charge < -0.3 is 20.2 Å². The number of anilines is 4. The van der Waals surface area contributed by atoms with E-state index in [0.29, 0.717) is 35.1 Å². The zero-order chi connectivity index (χ0) is 27.3. The van der Waals surface area contributed by atoms with Crippen LogP contribution in [0.5, 0.6) is 0 Å². The highest BCUT2D eigenvalue weighted by Gasteiger charge is 2.42. The molecule has 2 unspecified atom stereocenters. The van der Waals surface area contributed by atoms with E-state index in [1.54, 1.807) is 0 Å². The van der Waals surface area contributed by atoms with Crippen LogP contribution in [0.4, 0.5) is 27.5 Å². The molecule has 2 atom stereocenters. The van der Waals surface area contributed by atoms with Crippen LogP contribution in [0.3, 0.4) is 0 Å². The molecule has 1 aromatic heterocycles. The molecular weight excluding hydrogens is 545 g/mol. The number of fused-ring (bicyclic) bond motifs is 3. The summed E-state index contributed by atoms with van der Waals surface area (Å²) in [7, 11) is -3.66. The molecule has 0 amide bonds. The molecule has 39 heavy (non-hydrogen) atoms. The molecule has 3 aromatic rings. The molecule has 2 saturated heterocycles. The van der Waals surface area contributed by atoms with Crippen molar-refractivity contribution in [2.45, 2.75) is 49.1 Å². The maximum absolute atomic E-state index is 15.0. The number of aromatic nitrogens is 2. The summed E-state index contributed by atoms with van der Waals surface area (Å²) in [5.74, 6) is -1.28. The first kappa shape index (κ1) is 25.8. The molecule has 0 spiro atoms. The predicted octanol–water partition coefficient (Wildman–Crippen LogP) is 4.22. The van der Waals surface area contributed by atoms with E-state index in [9.17, 15) is 17.6 Å². The number of rotatable bonds is 6. The minimum Gasteiger partial charge on any atom is -0.481 e. The van der Waals surface area contributed by atoms with Crippen molar-refractivity contribution in [3.8, 4) is 0 Å². The van der Waals surface area contributed by atoms with Crippen LogP contribution >= 0.6 is 11.6 Å². The number of hydrogen-bond acceptors (Lipinski definition) is 8. The van der Waals surface area contributed by atoms with E-state index in [-0.39, 0.29) is 40.7 Å². The number of aryl methyl sites for hydroxylation is 1. The van der Waals surface area contributed by atoms with Crippen LogP contribution in [0.1, 0.15) is 30.5 Å². The fourth-order valence-electron chi connectivity index (χ4n) is 5.88. The molecule has 2 fully saturated rings. The van der Waals surface area contributed by atoms with Crippen LogP contribution in [-0.2, 0) is 27.5 Å². The number of nitrogens with one attached hydrogen (secondary N) is 1. The third-order valence-corrected chi connectivity index (χ3v) is 9.74. The third-order valence-electron chi connectivity index (χ3n) is 7.61. The lowest BCUT2D eigenvalue weighted by Crippen LogP contribution is -2.54. The second kappa shape index (κ2) is 9.95. The van der Waals surface area contributed by atoms with E-state index in [2.05, 4.69) is 15.1 Å². The van der Waals surface area contributed by atoms with Crippen LogP contribution in [0, 0.1) is 5.82 Å². The van der Waals surface area contributed by atoms with Crippen molar-refractivity contribution in [1.82, 2.24) is 9.97 Å². The van der Waals surface area contributed by atoms with Crippen LogP contribution in [0.15, 0.2) is 47.4 Å².